The van der Waals surface area contributed by atoms with Gasteiger partial charge in [0.2, 0.25) is 0 Å². The van der Waals surface area contributed by atoms with Gasteiger partial charge in [0, 0.05) is 30.2 Å². The van der Waals surface area contributed by atoms with Crippen LogP contribution in [0.15, 0.2) is 24.3 Å². The van der Waals surface area contributed by atoms with E-state index in [0.717, 1.165) is 24.7 Å². The van der Waals surface area contributed by atoms with E-state index in [1.54, 1.807) is 0 Å². The molecule has 1 fully saturated rings. The molecule has 1 aliphatic rings. The van der Waals surface area contributed by atoms with E-state index < -0.39 is 0 Å². The highest BCUT2D eigenvalue weighted by molar-refractivity contribution is 6.31. The summed E-state index contributed by atoms with van der Waals surface area (Å²) in [5, 5.41) is 4.59. The lowest BCUT2D eigenvalue weighted by molar-refractivity contribution is 0.157. The van der Waals surface area contributed by atoms with E-state index in [1.807, 2.05) is 12.1 Å². The van der Waals surface area contributed by atoms with Crippen molar-refractivity contribution in [1.82, 2.24) is 10.2 Å². The van der Waals surface area contributed by atoms with E-state index in [1.165, 1.54) is 12.0 Å². The molecule has 2 atom stereocenters. The van der Waals surface area contributed by atoms with Crippen LogP contribution in [0, 0.1) is 5.41 Å². The zero-order chi connectivity index (χ0) is 14.8. The highest BCUT2D eigenvalue weighted by Gasteiger charge is 2.30. The molecular formula is C17H27ClN2. The highest BCUT2D eigenvalue weighted by atomic mass is 35.5. The monoisotopic (exact) mass is 294 g/mol. The second-order valence-electron chi connectivity index (χ2n) is 7.03. The first-order valence-electron chi connectivity index (χ1n) is 7.59. The molecule has 0 bridgehead atoms. The summed E-state index contributed by atoms with van der Waals surface area (Å²) in [6.45, 7) is 12.4. The van der Waals surface area contributed by atoms with Crippen LogP contribution in [0.25, 0.3) is 0 Å². The molecule has 0 amide bonds. The van der Waals surface area contributed by atoms with Crippen molar-refractivity contribution in [2.24, 2.45) is 5.41 Å². The van der Waals surface area contributed by atoms with Crippen LogP contribution in [0.3, 0.4) is 0 Å². The third kappa shape index (κ3) is 3.97. The fourth-order valence-electron chi connectivity index (χ4n) is 2.77. The van der Waals surface area contributed by atoms with Crippen molar-refractivity contribution in [1.29, 1.82) is 0 Å². The number of benzene rings is 1. The van der Waals surface area contributed by atoms with E-state index >= 15 is 0 Å². The Morgan fingerprint density at radius 2 is 2.00 bits per heavy atom. The standard InChI is InChI=1S/C17H27ClN2/c1-13-9-10-19-16(17(2,3)4)12-20(13)11-14-7-5-6-8-15(14)18/h5-8,13,16,19H,9-12H2,1-4H3. The molecule has 0 aliphatic carbocycles. The van der Waals surface area contributed by atoms with Crippen LogP contribution in [-0.4, -0.2) is 30.1 Å². The third-order valence-electron chi connectivity index (χ3n) is 4.37. The summed E-state index contributed by atoms with van der Waals surface area (Å²) >= 11 is 6.32. The Bertz CT molecular complexity index is 439. The van der Waals surface area contributed by atoms with E-state index in [9.17, 15) is 0 Å². The van der Waals surface area contributed by atoms with E-state index in [0.29, 0.717) is 12.1 Å². The summed E-state index contributed by atoms with van der Waals surface area (Å²) in [4.78, 5) is 2.57. The number of hydrogen-bond donors (Lipinski definition) is 1. The van der Waals surface area contributed by atoms with Crippen LogP contribution in [0.2, 0.25) is 5.02 Å². The molecule has 1 N–H and O–H groups in total. The highest BCUT2D eigenvalue weighted by Crippen LogP contribution is 2.25. The van der Waals surface area contributed by atoms with Crippen molar-refractivity contribution in [3.63, 3.8) is 0 Å². The summed E-state index contributed by atoms with van der Waals surface area (Å²) < 4.78 is 0. The summed E-state index contributed by atoms with van der Waals surface area (Å²) in [7, 11) is 0. The molecule has 0 saturated carbocycles. The Balaban J connectivity index is 2.13. The molecule has 0 spiro atoms. The van der Waals surface area contributed by atoms with Gasteiger partial charge in [-0.3, -0.25) is 4.90 Å². The number of hydrogen-bond acceptors (Lipinski definition) is 2. The van der Waals surface area contributed by atoms with Crippen molar-refractivity contribution >= 4 is 11.6 Å². The quantitative estimate of drug-likeness (QED) is 0.889. The van der Waals surface area contributed by atoms with E-state index in [4.69, 9.17) is 11.6 Å². The van der Waals surface area contributed by atoms with Gasteiger partial charge in [-0.25, -0.2) is 0 Å². The number of nitrogens with one attached hydrogen (secondary N) is 1. The van der Waals surface area contributed by atoms with Crippen molar-refractivity contribution in [3.8, 4) is 0 Å². The van der Waals surface area contributed by atoms with Crippen LogP contribution in [0.4, 0.5) is 0 Å². The summed E-state index contributed by atoms with van der Waals surface area (Å²) in [5.41, 5.74) is 1.51. The molecule has 1 aromatic carbocycles. The molecule has 2 unspecified atom stereocenters. The fraction of sp³-hybridized carbons (Fsp3) is 0.647. The van der Waals surface area contributed by atoms with Gasteiger partial charge in [0.25, 0.3) is 0 Å². The molecule has 0 radical (unpaired) electrons. The average molecular weight is 295 g/mol. The second-order valence-corrected chi connectivity index (χ2v) is 7.44. The molecule has 2 rings (SSSR count). The molecule has 1 saturated heterocycles. The molecule has 112 valence electrons. The lowest BCUT2D eigenvalue weighted by atomic mass is 9.86. The molecule has 1 aliphatic heterocycles. The minimum absolute atomic E-state index is 0.281. The van der Waals surface area contributed by atoms with Gasteiger partial charge >= 0.3 is 0 Å². The molecule has 2 nitrogen and oxygen atoms in total. The van der Waals surface area contributed by atoms with Crippen LogP contribution in [0.5, 0.6) is 0 Å². The SMILES string of the molecule is CC1CCNC(C(C)(C)C)CN1Cc1ccccc1Cl. The minimum Gasteiger partial charge on any atom is -0.312 e. The van der Waals surface area contributed by atoms with Crippen molar-refractivity contribution < 1.29 is 0 Å². The summed E-state index contributed by atoms with van der Waals surface area (Å²) in [6.07, 6.45) is 1.19. The maximum atomic E-state index is 6.32. The summed E-state index contributed by atoms with van der Waals surface area (Å²) in [5.74, 6) is 0. The minimum atomic E-state index is 0.281. The topological polar surface area (TPSA) is 15.3 Å². The molecule has 1 heterocycles. The molecular weight excluding hydrogens is 268 g/mol. The zero-order valence-corrected chi connectivity index (χ0v) is 13.9. The number of halogens is 1. The van der Waals surface area contributed by atoms with Crippen LogP contribution >= 0.6 is 11.6 Å². The maximum Gasteiger partial charge on any atom is 0.0451 e. The molecule has 20 heavy (non-hydrogen) atoms. The Hall–Kier alpha value is -0.570. The lowest BCUT2D eigenvalue weighted by Gasteiger charge is -2.35. The first kappa shape index (κ1) is 15.8. The first-order chi connectivity index (χ1) is 9.38. The van der Waals surface area contributed by atoms with Gasteiger partial charge in [0.1, 0.15) is 0 Å². The predicted molar refractivity (Wildman–Crippen MR) is 87.2 cm³/mol. The van der Waals surface area contributed by atoms with E-state index in [-0.39, 0.29) is 5.41 Å². The van der Waals surface area contributed by atoms with E-state index in [2.05, 4.69) is 50.0 Å². The summed E-state index contributed by atoms with van der Waals surface area (Å²) in [6, 6.07) is 9.31. The number of rotatable bonds is 2. The van der Waals surface area contributed by atoms with Crippen LogP contribution in [0.1, 0.15) is 39.7 Å². The van der Waals surface area contributed by atoms with Crippen LogP contribution < -0.4 is 5.32 Å². The van der Waals surface area contributed by atoms with Gasteiger partial charge in [-0.1, -0.05) is 50.6 Å². The van der Waals surface area contributed by atoms with Crippen molar-refractivity contribution in [3.05, 3.63) is 34.9 Å². The average Bonchev–Trinajstić information content (AvgIpc) is 2.54. The van der Waals surface area contributed by atoms with Gasteiger partial charge in [-0.05, 0) is 36.9 Å². The molecule has 3 heteroatoms. The number of nitrogens with zero attached hydrogens (tertiary/aromatic N) is 1. The predicted octanol–water partition coefficient (Wildman–Crippen LogP) is 3.94. The molecule has 0 aromatic heterocycles. The van der Waals surface area contributed by atoms with Gasteiger partial charge in [-0.2, -0.15) is 0 Å². The fourth-order valence-corrected chi connectivity index (χ4v) is 2.97. The zero-order valence-electron chi connectivity index (χ0n) is 13.1. The third-order valence-corrected chi connectivity index (χ3v) is 4.74. The first-order valence-corrected chi connectivity index (χ1v) is 7.96. The van der Waals surface area contributed by atoms with Crippen LogP contribution in [-0.2, 0) is 6.54 Å². The second kappa shape index (κ2) is 6.46. The van der Waals surface area contributed by atoms with Gasteiger partial charge in [0.05, 0.1) is 0 Å². The largest absolute Gasteiger partial charge is 0.312 e. The van der Waals surface area contributed by atoms with Gasteiger partial charge < -0.3 is 5.32 Å². The Morgan fingerprint density at radius 1 is 1.30 bits per heavy atom. The van der Waals surface area contributed by atoms with Gasteiger partial charge in [0.15, 0.2) is 0 Å². The maximum absolute atomic E-state index is 6.32. The molecule has 1 aromatic rings. The Labute approximate surface area is 128 Å². The Kier molecular flexibility index (Phi) is 5.11. The lowest BCUT2D eigenvalue weighted by Crippen LogP contribution is -2.47. The van der Waals surface area contributed by atoms with Gasteiger partial charge in [-0.15, -0.1) is 0 Å². The smallest absolute Gasteiger partial charge is 0.0451 e. The normalized spacial score (nSPS) is 25.4. The van der Waals surface area contributed by atoms with Crippen molar-refractivity contribution in [2.75, 3.05) is 13.1 Å². The Morgan fingerprint density at radius 3 is 2.65 bits per heavy atom. The van der Waals surface area contributed by atoms with Crippen molar-refractivity contribution in [2.45, 2.75) is 52.7 Å².